The lowest BCUT2D eigenvalue weighted by Crippen LogP contribution is -2.35. The van der Waals surface area contributed by atoms with Gasteiger partial charge in [0, 0.05) is 12.4 Å². The number of carbonyl (C=O) groups is 2. The quantitative estimate of drug-likeness (QED) is 0.881. The summed E-state index contributed by atoms with van der Waals surface area (Å²) in [5.74, 6) is 0. The molecule has 116 valence electrons. The SMILES string of the molecule is CC(C)(C)OC(=O)NC(C=O)c1ccc(-n2cccn2)cc1. The zero-order valence-corrected chi connectivity index (χ0v) is 12.8. The fourth-order valence-electron chi connectivity index (χ4n) is 1.89. The van der Waals surface area contributed by atoms with E-state index in [0.29, 0.717) is 11.8 Å². The molecule has 2 rings (SSSR count). The number of amides is 1. The van der Waals surface area contributed by atoms with Crippen molar-refractivity contribution in [3.63, 3.8) is 0 Å². The normalized spacial score (nSPS) is 12.5. The molecule has 0 radical (unpaired) electrons. The van der Waals surface area contributed by atoms with Crippen molar-refractivity contribution in [2.24, 2.45) is 0 Å². The topological polar surface area (TPSA) is 73.2 Å². The second-order valence-corrected chi connectivity index (χ2v) is 5.80. The number of aromatic nitrogens is 2. The number of rotatable bonds is 4. The summed E-state index contributed by atoms with van der Waals surface area (Å²) >= 11 is 0. The average Bonchev–Trinajstić information content (AvgIpc) is 2.97. The Labute approximate surface area is 129 Å². The van der Waals surface area contributed by atoms with Crippen LogP contribution in [-0.4, -0.2) is 27.8 Å². The standard InChI is InChI=1S/C16H19N3O3/c1-16(2,3)22-15(21)18-14(11-20)12-5-7-13(8-6-12)19-10-4-9-17-19/h4-11,14H,1-3H3,(H,18,21). The first-order valence-electron chi connectivity index (χ1n) is 6.94. The summed E-state index contributed by atoms with van der Waals surface area (Å²) in [6, 6.07) is 8.28. The number of aldehydes is 1. The van der Waals surface area contributed by atoms with Gasteiger partial charge in [-0.1, -0.05) is 12.1 Å². The number of carbonyl (C=O) groups excluding carboxylic acids is 2. The van der Waals surface area contributed by atoms with E-state index in [-0.39, 0.29) is 0 Å². The Morgan fingerprint density at radius 2 is 2.00 bits per heavy atom. The molecule has 1 unspecified atom stereocenters. The lowest BCUT2D eigenvalue weighted by Gasteiger charge is -2.21. The lowest BCUT2D eigenvalue weighted by molar-refractivity contribution is -0.109. The summed E-state index contributed by atoms with van der Waals surface area (Å²) in [6.45, 7) is 5.30. The van der Waals surface area contributed by atoms with Gasteiger partial charge in [-0.2, -0.15) is 5.10 Å². The Hall–Kier alpha value is -2.63. The fourth-order valence-corrected chi connectivity index (χ4v) is 1.89. The van der Waals surface area contributed by atoms with Crippen molar-refractivity contribution in [1.82, 2.24) is 15.1 Å². The van der Waals surface area contributed by atoms with E-state index >= 15 is 0 Å². The van der Waals surface area contributed by atoms with Crippen LogP contribution in [0.15, 0.2) is 42.7 Å². The number of nitrogens with one attached hydrogen (secondary N) is 1. The Kier molecular flexibility index (Phi) is 4.60. The number of hydrogen-bond donors (Lipinski definition) is 1. The van der Waals surface area contributed by atoms with Crippen LogP contribution in [0.2, 0.25) is 0 Å². The lowest BCUT2D eigenvalue weighted by atomic mass is 10.1. The fraction of sp³-hybridized carbons (Fsp3) is 0.312. The molecule has 6 heteroatoms. The maximum absolute atomic E-state index is 11.7. The molecule has 1 aromatic carbocycles. The minimum absolute atomic E-state index is 0.610. The van der Waals surface area contributed by atoms with Crippen molar-refractivity contribution < 1.29 is 14.3 Å². The molecule has 1 N–H and O–H groups in total. The molecule has 1 atom stereocenters. The Bertz CT molecular complexity index is 628. The minimum Gasteiger partial charge on any atom is -0.444 e. The van der Waals surface area contributed by atoms with E-state index in [4.69, 9.17) is 4.74 Å². The van der Waals surface area contributed by atoms with Gasteiger partial charge >= 0.3 is 6.09 Å². The largest absolute Gasteiger partial charge is 0.444 e. The molecule has 1 aromatic heterocycles. The molecule has 6 nitrogen and oxygen atoms in total. The number of hydrogen-bond acceptors (Lipinski definition) is 4. The maximum atomic E-state index is 11.7. The van der Waals surface area contributed by atoms with Crippen LogP contribution in [0.5, 0.6) is 0 Å². The first kappa shape index (κ1) is 15.8. The van der Waals surface area contributed by atoms with Gasteiger partial charge in [-0.25, -0.2) is 9.48 Å². The summed E-state index contributed by atoms with van der Waals surface area (Å²) in [4.78, 5) is 23.0. The van der Waals surface area contributed by atoms with Gasteiger partial charge in [0.25, 0.3) is 0 Å². The highest BCUT2D eigenvalue weighted by atomic mass is 16.6. The van der Waals surface area contributed by atoms with E-state index in [1.165, 1.54) is 0 Å². The van der Waals surface area contributed by atoms with Gasteiger partial charge in [-0.3, -0.25) is 0 Å². The first-order chi connectivity index (χ1) is 10.4. The van der Waals surface area contributed by atoms with E-state index < -0.39 is 17.7 Å². The molecule has 0 aliphatic carbocycles. The van der Waals surface area contributed by atoms with Crippen molar-refractivity contribution in [3.05, 3.63) is 48.3 Å². The molecular formula is C16H19N3O3. The summed E-state index contributed by atoms with van der Waals surface area (Å²) in [5, 5.41) is 6.67. The molecule has 0 fully saturated rings. The van der Waals surface area contributed by atoms with E-state index in [1.54, 1.807) is 43.8 Å². The van der Waals surface area contributed by atoms with Gasteiger partial charge in [-0.15, -0.1) is 0 Å². The van der Waals surface area contributed by atoms with Crippen LogP contribution in [0.4, 0.5) is 4.79 Å². The smallest absolute Gasteiger partial charge is 0.408 e. The maximum Gasteiger partial charge on any atom is 0.408 e. The molecule has 1 heterocycles. The van der Waals surface area contributed by atoms with Crippen molar-refractivity contribution in [2.45, 2.75) is 32.4 Å². The van der Waals surface area contributed by atoms with Gasteiger partial charge in [0.05, 0.1) is 5.69 Å². The summed E-state index contributed by atoms with van der Waals surface area (Å²) in [5.41, 5.74) is 0.939. The zero-order chi connectivity index (χ0) is 16.2. The van der Waals surface area contributed by atoms with Gasteiger partial charge in [-0.05, 0) is 44.5 Å². The van der Waals surface area contributed by atoms with Crippen molar-refractivity contribution >= 4 is 12.4 Å². The van der Waals surface area contributed by atoms with Crippen molar-refractivity contribution in [1.29, 1.82) is 0 Å². The van der Waals surface area contributed by atoms with E-state index in [9.17, 15) is 9.59 Å². The Morgan fingerprint density at radius 1 is 1.32 bits per heavy atom. The van der Waals surface area contributed by atoms with Crippen LogP contribution in [-0.2, 0) is 9.53 Å². The molecule has 0 bridgehead atoms. The van der Waals surface area contributed by atoms with Gasteiger partial charge in [0.15, 0.2) is 0 Å². The van der Waals surface area contributed by atoms with Gasteiger partial charge in [0.2, 0.25) is 0 Å². The van der Waals surface area contributed by atoms with E-state index in [1.807, 2.05) is 24.4 Å². The van der Waals surface area contributed by atoms with Crippen LogP contribution in [0, 0.1) is 0 Å². The highest BCUT2D eigenvalue weighted by Gasteiger charge is 2.20. The minimum atomic E-state index is -0.749. The average molecular weight is 301 g/mol. The molecule has 0 saturated heterocycles. The third-order valence-corrected chi connectivity index (χ3v) is 2.83. The van der Waals surface area contributed by atoms with Crippen LogP contribution >= 0.6 is 0 Å². The van der Waals surface area contributed by atoms with E-state index in [2.05, 4.69) is 10.4 Å². The number of alkyl carbamates (subject to hydrolysis) is 1. The van der Waals surface area contributed by atoms with Crippen LogP contribution < -0.4 is 5.32 Å². The molecule has 2 aromatic rings. The number of ether oxygens (including phenoxy) is 1. The van der Waals surface area contributed by atoms with E-state index in [0.717, 1.165) is 5.69 Å². The van der Waals surface area contributed by atoms with Crippen molar-refractivity contribution in [3.8, 4) is 5.69 Å². The molecule has 0 saturated carbocycles. The molecule has 22 heavy (non-hydrogen) atoms. The summed E-state index contributed by atoms with van der Waals surface area (Å²) < 4.78 is 6.86. The molecule has 0 spiro atoms. The highest BCUT2D eigenvalue weighted by Crippen LogP contribution is 2.15. The molecule has 1 amide bonds. The summed E-state index contributed by atoms with van der Waals surface area (Å²) in [6.07, 6.45) is 3.56. The third-order valence-electron chi connectivity index (χ3n) is 2.83. The molecular weight excluding hydrogens is 282 g/mol. The van der Waals surface area contributed by atoms with Crippen LogP contribution in [0.3, 0.4) is 0 Å². The number of benzene rings is 1. The van der Waals surface area contributed by atoms with Crippen molar-refractivity contribution in [2.75, 3.05) is 0 Å². The Balaban J connectivity index is 2.08. The van der Waals surface area contributed by atoms with Crippen LogP contribution in [0.1, 0.15) is 32.4 Å². The third kappa shape index (κ3) is 4.18. The van der Waals surface area contributed by atoms with Crippen LogP contribution in [0.25, 0.3) is 5.69 Å². The van der Waals surface area contributed by atoms with Gasteiger partial charge < -0.3 is 14.8 Å². The zero-order valence-electron chi connectivity index (χ0n) is 12.8. The molecule has 0 aliphatic rings. The monoisotopic (exact) mass is 301 g/mol. The summed E-state index contributed by atoms with van der Waals surface area (Å²) in [7, 11) is 0. The Morgan fingerprint density at radius 3 is 2.50 bits per heavy atom. The predicted octanol–water partition coefficient (Wildman–Crippen LogP) is 2.64. The highest BCUT2D eigenvalue weighted by molar-refractivity contribution is 5.74. The second-order valence-electron chi connectivity index (χ2n) is 5.80. The molecule has 0 aliphatic heterocycles. The predicted molar refractivity (Wildman–Crippen MR) is 81.7 cm³/mol. The first-order valence-corrected chi connectivity index (χ1v) is 6.94. The number of nitrogens with zero attached hydrogens (tertiary/aromatic N) is 2. The second kappa shape index (κ2) is 6.43. The van der Waals surface area contributed by atoms with Gasteiger partial charge in [0.1, 0.15) is 17.9 Å².